The highest BCUT2D eigenvalue weighted by molar-refractivity contribution is 6.34. The molecule has 0 atom stereocenters. The molecule has 1 heterocycles. The van der Waals surface area contributed by atoms with Crippen LogP contribution in [0.15, 0.2) is 12.1 Å². The van der Waals surface area contributed by atoms with Crippen LogP contribution in [-0.4, -0.2) is 31.6 Å². The summed E-state index contributed by atoms with van der Waals surface area (Å²) in [6, 6.07) is 3.38. The average molecular weight is 355 g/mol. The third-order valence-electron chi connectivity index (χ3n) is 3.57. The molecular formula is C17H23ClN2O4. The van der Waals surface area contributed by atoms with Crippen molar-refractivity contribution in [2.24, 2.45) is 0 Å². The summed E-state index contributed by atoms with van der Waals surface area (Å²) < 4.78 is 11.2. The van der Waals surface area contributed by atoms with Crippen LogP contribution in [-0.2, 0) is 9.59 Å². The van der Waals surface area contributed by atoms with Crippen LogP contribution < -0.4 is 20.1 Å². The molecule has 2 N–H and O–H groups in total. The molecular weight excluding hydrogens is 332 g/mol. The van der Waals surface area contributed by atoms with E-state index < -0.39 is 0 Å². The average Bonchev–Trinajstić information content (AvgIpc) is 2.75. The van der Waals surface area contributed by atoms with Crippen molar-refractivity contribution < 1.29 is 19.1 Å². The van der Waals surface area contributed by atoms with E-state index in [4.69, 9.17) is 21.1 Å². The van der Waals surface area contributed by atoms with E-state index in [0.717, 1.165) is 25.7 Å². The van der Waals surface area contributed by atoms with Crippen molar-refractivity contribution >= 4 is 29.1 Å². The van der Waals surface area contributed by atoms with Crippen molar-refractivity contribution in [3.05, 3.63) is 17.2 Å². The molecule has 0 radical (unpaired) electrons. The maximum atomic E-state index is 12.0. The third kappa shape index (κ3) is 5.92. The predicted octanol–water partition coefficient (Wildman–Crippen LogP) is 3.14. The van der Waals surface area contributed by atoms with Gasteiger partial charge in [0.25, 0.3) is 0 Å². The van der Waals surface area contributed by atoms with Crippen molar-refractivity contribution in [2.45, 2.75) is 39.0 Å². The molecule has 0 unspecified atom stereocenters. The highest BCUT2D eigenvalue weighted by Gasteiger charge is 2.15. The molecule has 0 aromatic heterocycles. The predicted molar refractivity (Wildman–Crippen MR) is 92.8 cm³/mol. The Morgan fingerprint density at radius 1 is 1.12 bits per heavy atom. The Morgan fingerprint density at radius 2 is 1.83 bits per heavy atom. The minimum atomic E-state index is -0.0917. The lowest BCUT2D eigenvalue weighted by molar-refractivity contribution is -0.119. The molecule has 2 amide bonds. The number of unbranched alkanes of at least 4 members (excludes halogenated alkanes) is 2. The van der Waals surface area contributed by atoms with E-state index in [1.54, 1.807) is 12.1 Å². The maximum absolute atomic E-state index is 12.0. The van der Waals surface area contributed by atoms with Gasteiger partial charge in [0.1, 0.15) is 0 Å². The lowest BCUT2D eigenvalue weighted by Gasteiger charge is -2.12. The van der Waals surface area contributed by atoms with Gasteiger partial charge in [0.15, 0.2) is 11.5 Å². The first-order valence-corrected chi connectivity index (χ1v) is 8.57. The number of hydrogen-bond acceptors (Lipinski definition) is 4. The van der Waals surface area contributed by atoms with Crippen LogP contribution in [0.4, 0.5) is 5.69 Å². The van der Waals surface area contributed by atoms with E-state index in [2.05, 4.69) is 10.6 Å². The zero-order valence-corrected chi connectivity index (χ0v) is 14.6. The highest BCUT2D eigenvalue weighted by atomic mass is 35.5. The molecule has 0 fully saturated rings. The summed E-state index contributed by atoms with van der Waals surface area (Å²) >= 11 is 6.20. The minimum Gasteiger partial charge on any atom is -0.490 e. The van der Waals surface area contributed by atoms with Crippen LogP contribution in [0.1, 0.15) is 39.0 Å². The second kappa shape index (κ2) is 9.37. The van der Waals surface area contributed by atoms with E-state index in [-0.39, 0.29) is 11.8 Å². The lowest BCUT2D eigenvalue weighted by Crippen LogP contribution is -2.20. The van der Waals surface area contributed by atoms with E-state index in [9.17, 15) is 9.59 Å². The zero-order valence-electron chi connectivity index (χ0n) is 13.8. The molecule has 2 rings (SSSR count). The Bertz CT molecular complexity index is 592. The number of fused-ring (bicyclic) bond motifs is 1. The van der Waals surface area contributed by atoms with Crippen LogP contribution in [0.5, 0.6) is 11.5 Å². The molecule has 0 saturated carbocycles. The molecule has 0 bridgehead atoms. The number of nitrogens with one attached hydrogen (secondary N) is 2. The van der Waals surface area contributed by atoms with Crippen LogP contribution in [0.2, 0.25) is 5.02 Å². The summed E-state index contributed by atoms with van der Waals surface area (Å²) in [7, 11) is 0. The van der Waals surface area contributed by atoms with Gasteiger partial charge in [-0.05, 0) is 12.8 Å². The Labute approximate surface area is 146 Å². The van der Waals surface area contributed by atoms with E-state index >= 15 is 0 Å². The van der Waals surface area contributed by atoms with Crippen molar-refractivity contribution in [1.29, 1.82) is 0 Å². The van der Waals surface area contributed by atoms with E-state index in [1.165, 1.54) is 6.92 Å². The Hall–Kier alpha value is -1.95. The first-order chi connectivity index (χ1) is 11.6. The lowest BCUT2D eigenvalue weighted by atomic mass is 10.2. The molecule has 7 heteroatoms. The van der Waals surface area contributed by atoms with Gasteiger partial charge in [-0.3, -0.25) is 9.59 Å². The van der Waals surface area contributed by atoms with Gasteiger partial charge in [-0.15, -0.1) is 0 Å². The highest BCUT2D eigenvalue weighted by Crippen LogP contribution is 2.37. The molecule has 132 valence electrons. The maximum Gasteiger partial charge on any atom is 0.224 e. The van der Waals surface area contributed by atoms with Crippen LogP contribution >= 0.6 is 11.6 Å². The van der Waals surface area contributed by atoms with Gasteiger partial charge in [-0.1, -0.05) is 18.0 Å². The van der Waals surface area contributed by atoms with Crippen LogP contribution in [0.25, 0.3) is 0 Å². The van der Waals surface area contributed by atoms with Crippen molar-refractivity contribution in [1.82, 2.24) is 5.32 Å². The van der Waals surface area contributed by atoms with Gasteiger partial charge in [0, 0.05) is 38.4 Å². The monoisotopic (exact) mass is 354 g/mol. The normalized spacial score (nSPS) is 13.1. The quantitative estimate of drug-likeness (QED) is 0.737. The third-order valence-corrected chi connectivity index (χ3v) is 3.88. The standard InChI is InChI=1S/C17H23ClN2O4/c1-12(21)19-7-4-2-3-6-17(22)20-14-11-16-15(10-13(14)18)23-8-5-9-24-16/h10-11H,2-9H2,1H3,(H,19,21)(H,20,22). The number of halogens is 1. The Morgan fingerprint density at radius 3 is 2.54 bits per heavy atom. The second-order valence-electron chi connectivity index (χ2n) is 5.67. The fourth-order valence-corrected chi connectivity index (χ4v) is 2.55. The molecule has 1 aliphatic rings. The molecule has 6 nitrogen and oxygen atoms in total. The minimum absolute atomic E-state index is 0.0307. The largest absolute Gasteiger partial charge is 0.490 e. The number of rotatable bonds is 7. The number of carbonyl (C=O) groups is 2. The summed E-state index contributed by atoms with van der Waals surface area (Å²) in [4.78, 5) is 22.8. The van der Waals surface area contributed by atoms with Crippen molar-refractivity contribution in [3.63, 3.8) is 0 Å². The van der Waals surface area contributed by atoms with Gasteiger partial charge in [-0.25, -0.2) is 0 Å². The summed E-state index contributed by atoms with van der Waals surface area (Å²) in [6.07, 6.45) is 3.71. The number of carbonyl (C=O) groups excluding carboxylic acids is 2. The van der Waals surface area contributed by atoms with E-state index in [1.807, 2.05) is 0 Å². The summed E-state index contributed by atoms with van der Waals surface area (Å²) in [5.41, 5.74) is 0.532. The van der Waals surface area contributed by atoms with Gasteiger partial charge in [-0.2, -0.15) is 0 Å². The van der Waals surface area contributed by atoms with Gasteiger partial charge < -0.3 is 20.1 Å². The molecule has 0 spiro atoms. The molecule has 1 aliphatic heterocycles. The van der Waals surface area contributed by atoms with Gasteiger partial charge in [0.05, 0.1) is 23.9 Å². The van der Waals surface area contributed by atoms with Gasteiger partial charge >= 0.3 is 0 Å². The van der Waals surface area contributed by atoms with E-state index in [0.29, 0.717) is 48.4 Å². The number of amides is 2. The first-order valence-electron chi connectivity index (χ1n) is 8.19. The molecule has 0 saturated heterocycles. The Balaban J connectivity index is 1.79. The van der Waals surface area contributed by atoms with Crippen LogP contribution in [0, 0.1) is 0 Å². The van der Waals surface area contributed by atoms with Crippen molar-refractivity contribution in [2.75, 3.05) is 25.1 Å². The summed E-state index contributed by atoms with van der Waals surface area (Å²) in [5, 5.41) is 5.97. The molecule has 1 aromatic carbocycles. The molecule has 24 heavy (non-hydrogen) atoms. The van der Waals surface area contributed by atoms with Gasteiger partial charge in [0.2, 0.25) is 11.8 Å². The summed E-state index contributed by atoms with van der Waals surface area (Å²) in [6.45, 7) is 3.31. The van der Waals surface area contributed by atoms with Crippen molar-refractivity contribution in [3.8, 4) is 11.5 Å². The number of anilines is 1. The second-order valence-corrected chi connectivity index (χ2v) is 6.08. The molecule has 0 aliphatic carbocycles. The number of benzene rings is 1. The van der Waals surface area contributed by atoms with Crippen LogP contribution in [0.3, 0.4) is 0 Å². The fourth-order valence-electron chi connectivity index (χ4n) is 2.34. The molecule has 1 aromatic rings. The first kappa shape index (κ1) is 18.4. The number of hydrogen-bond donors (Lipinski definition) is 2. The fraction of sp³-hybridized carbons (Fsp3) is 0.529. The summed E-state index contributed by atoms with van der Waals surface area (Å²) in [5.74, 6) is 1.08. The topological polar surface area (TPSA) is 76.7 Å². The zero-order chi connectivity index (χ0) is 17.4. The Kier molecular flexibility index (Phi) is 7.18. The smallest absolute Gasteiger partial charge is 0.224 e. The number of ether oxygens (including phenoxy) is 2. The SMILES string of the molecule is CC(=O)NCCCCCC(=O)Nc1cc2c(cc1Cl)OCCCO2.